The molecule has 45 heavy (non-hydrogen) atoms. The third-order valence-electron chi connectivity index (χ3n) is 8.32. The van der Waals surface area contributed by atoms with Crippen molar-refractivity contribution < 1.29 is 32.9 Å². The van der Waals surface area contributed by atoms with E-state index in [1.54, 1.807) is 32.9 Å². The van der Waals surface area contributed by atoms with Crippen LogP contribution in [0.25, 0.3) is 0 Å². The molecule has 14 heteroatoms. The largest absolute Gasteiger partial charge is 0.490 e. The molecule has 2 heterocycles. The molecule has 0 saturated heterocycles. The van der Waals surface area contributed by atoms with Crippen molar-refractivity contribution in [2.45, 2.75) is 77.4 Å². The molecule has 0 spiro atoms. The summed E-state index contributed by atoms with van der Waals surface area (Å²) in [5, 5.41) is 34.0. The van der Waals surface area contributed by atoms with E-state index in [1.165, 1.54) is 45.0 Å². The molecule has 4 rings (SSSR count). The van der Waals surface area contributed by atoms with E-state index < -0.39 is 52.1 Å². The first-order valence-corrected chi connectivity index (χ1v) is 14.5. The molecule has 10 nitrogen and oxygen atoms in total. The lowest BCUT2D eigenvalue weighted by molar-refractivity contribution is -0.331. The van der Waals surface area contributed by atoms with Crippen molar-refractivity contribution in [2.75, 3.05) is 6.61 Å². The van der Waals surface area contributed by atoms with Crippen LogP contribution in [0.3, 0.4) is 0 Å². The predicted molar refractivity (Wildman–Crippen MR) is 160 cm³/mol. The Morgan fingerprint density at radius 3 is 1.76 bits per heavy atom. The van der Waals surface area contributed by atoms with Crippen molar-refractivity contribution in [3.05, 3.63) is 84.7 Å². The molecular weight excluding hydrogens is 613 g/mol. The van der Waals surface area contributed by atoms with Gasteiger partial charge in [-0.25, -0.2) is 32.5 Å². The van der Waals surface area contributed by atoms with Crippen molar-refractivity contribution >= 4 is 11.6 Å². The van der Waals surface area contributed by atoms with Gasteiger partial charge in [-0.15, -0.1) is 0 Å². The maximum Gasteiger partial charge on any atom is 0.274 e. The fourth-order valence-corrected chi connectivity index (χ4v) is 5.60. The van der Waals surface area contributed by atoms with Crippen LogP contribution >= 0.6 is 11.6 Å². The van der Waals surface area contributed by atoms with Crippen LogP contribution in [0.15, 0.2) is 73.8 Å². The number of halogens is 4. The number of alkyl halides is 2. The van der Waals surface area contributed by atoms with Gasteiger partial charge in [0.25, 0.3) is 5.79 Å². The number of nitrogens with zero attached hydrogens (tertiary/aromatic N) is 6. The number of hydrogen-bond donors (Lipinski definition) is 2. The molecule has 0 bridgehead atoms. The standard InChI is InChI=1S/C31H38ClF3N6O4/c1-26(2,3)29(42,16-44-23-12-8-21(32)9-13-23)31(35,41-20-37-18-39-41)25(45-24-14-10-22(33)11-15-24)30(43,27(4,5)6)28(7,34)40-19-36-17-38-40/h8-15,17-20,25,42-43H,16H2,1-7H3. The highest BCUT2D eigenvalue weighted by molar-refractivity contribution is 6.30. The van der Waals surface area contributed by atoms with Crippen molar-refractivity contribution in [1.82, 2.24) is 29.5 Å². The van der Waals surface area contributed by atoms with Gasteiger partial charge < -0.3 is 19.7 Å². The molecule has 0 aliphatic rings. The summed E-state index contributed by atoms with van der Waals surface area (Å²) in [6.07, 6.45) is 1.72. The van der Waals surface area contributed by atoms with Crippen LogP contribution in [0.1, 0.15) is 48.5 Å². The Morgan fingerprint density at radius 1 is 0.778 bits per heavy atom. The van der Waals surface area contributed by atoms with Gasteiger partial charge in [0.1, 0.15) is 49.2 Å². The molecule has 2 N–H and O–H groups in total. The van der Waals surface area contributed by atoms with E-state index in [2.05, 4.69) is 20.2 Å². The second kappa shape index (κ2) is 11.9. The summed E-state index contributed by atoms with van der Waals surface area (Å²) in [5.74, 6) is -6.86. The number of benzene rings is 2. The molecule has 0 aliphatic heterocycles. The number of ether oxygens (including phenoxy) is 2. The van der Waals surface area contributed by atoms with Crippen LogP contribution in [-0.4, -0.2) is 63.7 Å². The molecule has 0 saturated carbocycles. The maximum atomic E-state index is 19.0. The number of hydrogen-bond acceptors (Lipinski definition) is 8. The zero-order valence-corrected chi connectivity index (χ0v) is 26.9. The fraction of sp³-hybridized carbons (Fsp3) is 0.484. The first-order valence-electron chi connectivity index (χ1n) is 14.1. The molecule has 244 valence electrons. The summed E-state index contributed by atoms with van der Waals surface area (Å²) < 4.78 is 64.1. The fourth-order valence-electron chi connectivity index (χ4n) is 5.47. The zero-order chi connectivity index (χ0) is 33.5. The Kier molecular flexibility index (Phi) is 9.06. The summed E-state index contributed by atoms with van der Waals surface area (Å²) in [6, 6.07) is 10.7. The summed E-state index contributed by atoms with van der Waals surface area (Å²) in [6.45, 7) is 9.31. The van der Waals surface area contributed by atoms with E-state index in [1.807, 2.05) is 0 Å². The summed E-state index contributed by atoms with van der Waals surface area (Å²) >= 11 is 6.02. The molecule has 5 unspecified atom stereocenters. The second-order valence-electron chi connectivity index (χ2n) is 13.1. The van der Waals surface area contributed by atoms with E-state index in [-0.39, 0.29) is 11.5 Å². The highest BCUT2D eigenvalue weighted by atomic mass is 35.5. The minimum atomic E-state index is -3.38. The highest BCUT2D eigenvalue weighted by Crippen LogP contribution is 2.56. The van der Waals surface area contributed by atoms with Gasteiger partial charge in [-0.05, 0) is 66.3 Å². The number of aromatic nitrogens is 6. The molecule has 5 atom stereocenters. The Hall–Kier alpha value is -3.68. The maximum absolute atomic E-state index is 19.0. The Balaban J connectivity index is 2.07. The van der Waals surface area contributed by atoms with Crippen LogP contribution < -0.4 is 9.47 Å². The third kappa shape index (κ3) is 5.88. The van der Waals surface area contributed by atoms with Gasteiger partial charge >= 0.3 is 0 Å². The molecule has 0 aliphatic carbocycles. The summed E-state index contributed by atoms with van der Waals surface area (Å²) in [5.41, 5.74) is -8.58. The number of aliphatic hydroxyl groups is 2. The Labute approximate surface area is 264 Å². The van der Waals surface area contributed by atoms with Crippen LogP contribution in [0.2, 0.25) is 5.02 Å². The molecule has 4 aromatic rings. The van der Waals surface area contributed by atoms with Gasteiger partial charge in [0.15, 0.2) is 17.3 Å². The van der Waals surface area contributed by atoms with Gasteiger partial charge in [0.05, 0.1) is 0 Å². The van der Waals surface area contributed by atoms with Crippen LogP contribution in [-0.2, 0) is 11.6 Å². The Morgan fingerprint density at radius 2 is 1.29 bits per heavy atom. The summed E-state index contributed by atoms with van der Waals surface area (Å²) in [7, 11) is 0. The smallest absolute Gasteiger partial charge is 0.274 e. The highest BCUT2D eigenvalue weighted by Gasteiger charge is 2.76. The molecule has 0 amide bonds. The van der Waals surface area contributed by atoms with Crippen molar-refractivity contribution in [3.8, 4) is 11.5 Å². The van der Waals surface area contributed by atoms with Crippen LogP contribution in [0, 0.1) is 16.6 Å². The van der Waals surface area contributed by atoms with Gasteiger partial charge in [0.2, 0.25) is 5.79 Å². The van der Waals surface area contributed by atoms with Crippen LogP contribution in [0.4, 0.5) is 13.2 Å². The average Bonchev–Trinajstić information content (AvgIpc) is 3.70. The summed E-state index contributed by atoms with van der Waals surface area (Å²) in [4.78, 5) is 7.73. The van der Waals surface area contributed by atoms with E-state index in [0.29, 0.717) is 9.70 Å². The lowest BCUT2D eigenvalue weighted by atomic mass is 9.60. The Bertz CT molecular complexity index is 1540. The van der Waals surface area contributed by atoms with Crippen molar-refractivity contribution in [2.24, 2.45) is 10.8 Å². The molecule has 2 aromatic heterocycles. The van der Waals surface area contributed by atoms with Gasteiger partial charge in [-0.2, -0.15) is 10.2 Å². The topological polar surface area (TPSA) is 120 Å². The monoisotopic (exact) mass is 650 g/mol. The first-order chi connectivity index (χ1) is 20.8. The average molecular weight is 651 g/mol. The second-order valence-corrected chi connectivity index (χ2v) is 13.6. The molecular formula is C31H38ClF3N6O4. The normalized spacial score (nSPS) is 18.6. The van der Waals surface area contributed by atoms with Crippen LogP contribution in [0.5, 0.6) is 11.5 Å². The van der Waals surface area contributed by atoms with E-state index in [9.17, 15) is 14.6 Å². The van der Waals surface area contributed by atoms with Gasteiger partial charge in [-0.3, -0.25) is 0 Å². The molecule has 0 radical (unpaired) electrons. The molecule has 0 fully saturated rings. The van der Waals surface area contributed by atoms with Crippen molar-refractivity contribution in [3.63, 3.8) is 0 Å². The molecule has 2 aromatic carbocycles. The number of rotatable bonds is 11. The van der Waals surface area contributed by atoms with Gasteiger partial charge in [-0.1, -0.05) is 53.1 Å². The minimum Gasteiger partial charge on any atom is -0.490 e. The van der Waals surface area contributed by atoms with Crippen molar-refractivity contribution in [1.29, 1.82) is 0 Å². The minimum absolute atomic E-state index is 0.143. The lowest BCUT2D eigenvalue weighted by Crippen LogP contribution is -2.78. The van der Waals surface area contributed by atoms with Gasteiger partial charge in [0, 0.05) is 5.02 Å². The van der Waals surface area contributed by atoms with E-state index in [4.69, 9.17) is 21.1 Å². The first kappa shape index (κ1) is 34.2. The predicted octanol–water partition coefficient (Wildman–Crippen LogP) is 5.71. The zero-order valence-electron chi connectivity index (χ0n) is 26.1. The van der Waals surface area contributed by atoms with E-state index >= 15 is 8.78 Å². The SMILES string of the molecule is CC(C)(C)C(O)(COc1ccc(Cl)cc1)C(F)(C(Oc1ccc(F)cc1)C(O)(C(C)(C)C)C(C)(F)n1cncn1)n1cncn1. The third-order valence-corrected chi connectivity index (χ3v) is 8.57. The lowest BCUT2D eigenvalue weighted by Gasteiger charge is -2.58. The quantitative estimate of drug-likeness (QED) is 0.212. The van der Waals surface area contributed by atoms with E-state index in [0.717, 1.165) is 49.0 Å².